The average Bonchev–Trinajstić information content (AvgIpc) is 2.24. The molecule has 0 aromatic heterocycles. The summed E-state index contributed by atoms with van der Waals surface area (Å²) in [6.07, 6.45) is 0. The van der Waals surface area contributed by atoms with E-state index in [1.54, 1.807) is 0 Å². The van der Waals surface area contributed by atoms with Gasteiger partial charge in [0.1, 0.15) is 10.7 Å². The fourth-order valence-corrected chi connectivity index (χ4v) is 3.60. The van der Waals surface area contributed by atoms with E-state index in [2.05, 4.69) is 6.58 Å². The summed E-state index contributed by atoms with van der Waals surface area (Å²) >= 11 is 0. The van der Waals surface area contributed by atoms with Crippen molar-refractivity contribution in [2.24, 2.45) is 0 Å². The molecule has 0 saturated heterocycles. The molecule has 4 nitrogen and oxygen atoms in total. The number of carboxylic acids is 1. The Hall–Kier alpha value is -1.62. The second kappa shape index (κ2) is 4.19. The predicted molar refractivity (Wildman–Crippen MR) is 67.2 cm³/mol. The predicted octanol–water partition coefficient (Wildman–Crippen LogP) is 3.86. The Labute approximate surface area is 116 Å². The molecule has 0 spiro atoms. The van der Waals surface area contributed by atoms with Crippen molar-refractivity contribution in [3.05, 3.63) is 41.3 Å². The Morgan fingerprint density at radius 2 is 1.62 bits per heavy atom. The average molecular weight is 352 g/mol. The first-order valence-corrected chi connectivity index (χ1v) is 8.62. The van der Waals surface area contributed by atoms with Crippen LogP contribution in [0.25, 0.3) is 0 Å². The number of benzene rings is 1. The van der Waals surface area contributed by atoms with E-state index in [-0.39, 0.29) is 0 Å². The van der Waals surface area contributed by atoms with Crippen molar-refractivity contribution in [2.45, 2.75) is 10.6 Å². The number of hydrogen-bond donors (Lipinski definition) is 1. The fourth-order valence-electron chi connectivity index (χ4n) is 1.43. The van der Waals surface area contributed by atoms with Gasteiger partial charge in [0.15, 0.2) is 0 Å². The van der Waals surface area contributed by atoms with Crippen LogP contribution in [-0.2, 0) is 20.4 Å². The highest BCUT2D eigenvalue weighted by Gasteiger charge is 2.63. The van der Waals surface area contributed by atoms with Crippen LogP contribution in [0, 0.1) is 0 Å². The molecule has 0 unspecified atom stereocenters. The van der Waals surface area contributed by atoms with Crippen molar-refractivity contribution in [3.8, 4) is 0 Å². The molecule has 120 valence electrons. The van der Waals surface area contributed by atoms with Crippen molar-refractivity contribution in [1.82, 2.24) is 0 Å². The number of halogens is 5. The first-order valence-electron chi connectivity index (χ1n) is 5.01. The molecule has 0 aliphatic carbocycles. The summed E-state index contributed by atoms with van der Waals surface area (Å²) in [6, 6.07) is 3.07. The van der Waals surface area contributed by atoms with Gasteiger partial charge >= 0.3 is 5.97 Å². The molecule has 0 atom stereocenters. The minimum atomic E-state index is -9.92. The van der Waals surface area contributed by atoms with E-state index in [0.29, 0.717) is 12.1 Å². The fraction of sp³-hybridized carbons (Fsp3) is 0.100. The number of sulfone groups is 1. The first kappa shape index (κ1) is 17.4. The lowest BCUT2D eigenvalue weighted by Crippen LogP contribution is -2.16. The molecule has 0 bridgehead atoms. The van der Waals surface area contributed by atoms with Gasteiger partial charge in [-0.15, -0.1) is 0 Å². The topological polar surface area (TPSA) is 71.4 Å². The van der Waals surface area contributed by atoms with Crippen molar-refractivity contribution >= 4 is 26.0 Å². The van der Waals surface area contributed by atoms with Gasteiger partial charge in [-0.05, 0) is 11.6 Å². The van der Waals surface area contributed by atoms with Crippen LogP contribution in [-0.4, -0.2) is 19.5 Å². The maximum atomic E-state index is 12.5. The van der Waals surface area contributed by atoms with Crippen LogP contribution in [0.4, 0.5) is 19.4 Å². The highest BCUT2D eigenvalue weighted by atomic mass is 32.5. The summed E-state index contributed by atoms with van der Waals surface area (Å²) in [5.74, 6) is -4.74. The molecular formula is C10H9F5O4S2. The molecule has 1 N–H and O–H groups in total. The van der Waals surface area contributed by atoms with Crippen molar-refractivity contribution < 1.29 is 37.7 Å². The summed E-state index contributed by atoms with van der Waals surface area (Å²) in [5, 5.41) is 8.56. The van der Waals surface area contributed by atoms with Crippen LogP contribution in [0.1, 0.15) is 5.56 Å². The van der Waals surface area contributed by atoms with Crippen molar-refractivity contribution in [2.75, 3.05) is 0 Å². The minimum absolute atomic E-state index is 0.542. The van der Waals surface area contributed by atoms with Gasteiger partial charge in [0.2, 0.25) is 9.84 Å². The van der Waals surface area contributed by atoms with Crippen LogP contribution in [0.15, 0.2) is 40.6 Å². The van der Waals surface area contributed by atoms with E-state index in [4.69, 9.17) is 5.11 Å². The molecule has 1 aromatic rings. The van der Waals surface area contributed by atoms with Gasteiger partial charge in [0, 0.05) is 0 Å². The SMILES string of the molecule is C=C(C(=O)O)S(=O)(=O)c1ccccc1CS(F)(F)(F)(F)F. The number of rotatable bonds is 5. The Kier molecular flexibility index (Phi) is 3.48. The zero-order valence-corrected chi connectivity index (χ0v) is 11.7. The summed E-state index contributed by atoms with van der Waals surface area (Å²) in [7, 11) is -14.8. The lowest BCUT2D eigenvalue weighted by atomic mass is 10.2. The molecule has 1 aromatic carbocycles. The summed E-state index contributed by atoms with van der Waals surface area (Å²) < 4.78 is 86.1. The Bertz CT molecular complexity index is 722. The van der Waals surface area contributed by atoms with Crippen LogP contribution >= 0.6 is 10.2 Å². The third kappa shape index (κ3) is 4.70. The molecule has 1 rings (SSSR count). The quantitative estimate of drug-likeness (QED) is 0.645. The third-order valence-electron chi connectivity index (χ3n) is 2.25. The number of carboxylic acid groups (broad SMARTS) is 1. The second-order valence-corrected chi connectivity index (χ2v) is 8.60. The standard InChI is InChI=1S/C10H9F5O4S2/c1-7(10(16)17)20(18,19)9-5-3-2-4-8(9)6-21(11,12,13,14)15/h2-5H,1,6H2,(H,16,17). The van der Waals surface area contributed by atoms with Gasteiger partial charge in [0.25, 0.3) is 10.2 Å². The van der Waals surface area contributed by atoms with Crippen LogP contribution < -0.4 is 0 Å². The van der Waals surface area contributed by atoms with Gasteiger partial charge in [0.05, 0.1) is 4.90 Å². The molecule has 11 heteroatoms. The maximum Gasteiger partial charge on any atom is 0.347 e. The van der Waals surface area contributed by atoms with Crippen LogP contribution in [0.5, 0.6) is 0 Å². The number of hydrogen-bond acceptors (Lipinski definition) is 3. The molecular weight excluding hydrogens is 343 g/mol. The Balaban J connectivity index is 3.51. The summed E-state index contributed by atoms with van der Waals surface area (Å²) in [6.45, 7) is 2.73. The van der Waals surface area contributed by atoms with Gasteiger partial charge < -0.3 is 5.11 Å². The summed E-state index contributed by atoms with van der Waals surface area (Å²) in [5.41, 5.74) is -1.24. The Morgan fingerprint density at radius 1 is 1.14 bits per heavy atom. The smallest absolute Gasteiger partial charge is 0.347 e. The molecule has 0 radical (unpaired) electrons. The zero-order valence-electron chi connectivity index (χ0n) is 10.1. The Morgan fingerprint density at radius 3 is 2.05 bits per heavy atom. The second-order valence-electron chi connectivity index (χ2n) is 4.11. The van der Waals surface area contributed by atoms with Crippen molar-refractivity contribution in [3.63, 3.8) is 0 Å². The molecule has 21 heavy (non-hydrogen) atoms. The first-order chi connectivity index (χ1) is 9.03. The van der Waals surface area contributed by atoms with Crippen molar-refractivity contribution in [1.29, 1.82) is 0 Å². The van der Waals surface area contributed by atoms with E-state index in [9.17, 15) is 32.6 Å². The molecule has 0 fully saturated rings. The summed E-state index contributed by atoms with van der Waals surface area (Å²) in [4.78, 5) is 8.03. The van der Waals surface area contributed by atoms with E-state index in [1.807, 2.05) is 0 Å². The molecule has 0 saturated carbocycles. The molecule has 0 heterocycles. The van der Waals surface area contributed by atoms with Crippen LogP contribution in [0.2, 0.25) is 0 Å². The highest BCUT2D eigenvalue weighted by molar-refractivity contribution is 8.45. The maximum absolute atomic E-state index is 12.5. The highest BCUT2D eigenvalue weighted by Crippen LogP contribution is 2.99. The lowest BCUT2D eigenvalue weighted by Gasteiger charge is -2.40. The monoisotopic (exact) mass is 352 g/mol. The molecule has 0 aliphatic heterocycles. The van der Waals surface area contributed by atoms with E-state index >= 15 is 0 Å². The largest absolute Gasteiger partial charge is 0.477 e. The minimum Gasteiger partial charge on any atom is -0.477 e. The molecule has 0 amide bonds. The molecule has 0 aliphatic rings. The van der Waals surface area contributed by atoms with Gasteiger partial charge in [-0.25, -0.2) is 13.2 Å². The van der Waals surface area contributed by atoms with Crippen LogP contribution in [0.3, 0.4) is 0 Å². The number of carbonyl (C=O) groups is 1. The van der Waals surface area contributed by atoms with E-state index in [0.717, 1.165) is 12.1 Å². The van der Waals surface area contributed by atoms with Gasteiger partial charge in [-0.2, -0.15) is 0 Å². The lowest BCUT2D eigenvalue weighted by molar-refractivity contribution is -0.131. The van der Waals surface area contributed by atoms with E-state index < -0.39 is 47.1 Å². The normalized spacial score (nSPS) is 15.9. The third-order valence-corrected chi connectivity index (χ3v) is 4.91. The van der Waals surface area contributed by atoms with Gasteiger partial charge in [-0.3, -0.25) is 0 Å². The zero-order chi connectivity index (χ0) is 16.8. The number of aliphatic carboxylic acids is 1. The van der Waals surface area contributed by atoms with E-state index in [1.165, 1.54) is 0 Å². The van der Waals surface area contributed by atoms with Gasteiger partial charge in [-0.1, -0.05) is 44.2 Å².